The number of hydrogen-bond acceptors (Lipinski definition) is 4. The third kappa shape index (κ3) is 4.68. The van der Waals surface area contributed by atoms with Crippen molar-refractivity contribution in [2.45, 2.75) is 76.7 Å². The van der Waals surface area contributed by atoms with Crippen LogP contribution in [-0.4, -0.2) is 42.7 Å². The van der Waals surface area contributed by atoms with Gasteiger partial charge in [0.15, 0.2) is 0 Å². The van der Waals surface area contributed by atoms with Crippen LogP contribution in [0.4, 0.5) is 0 Å². The Hall–Kier alpha value is -1.14. The number of carbonyl (C=O) groups is 2. The molecule has 0 aromatic rings. The van der Waals surface area contributed by atoms with Crippen LogP contribution in [0.25, 0.3) is 0 Å². The first-order valence-corrected chi connectivity index (χ1v) is 8.46. The van der Waals surface area contributed by atoms with Gasteiger partial charge in [-0.25, -0.2) is 0 Å². The molecule has 1 heterocycles. The number of hydrogen-bond donors (Lipinski definition) is 3. The molecule has 126 valence electrons. The lowest BCUT2D eigenvalue weighted by Crippen LogP contribution is -2.46. The van der Waals surface area contributed by atoms with Crippen molar-refractivity contribution in [3.63, 3.8) is 0 Å². The fourth-order valence-corrected chi connectivity index (χ4v) is 3.33. The quantitative estimate of drug-likeness (QED) is 0.696. The van der Waals surface area contributed by atoms with Gasteiger partial charge in [-0.15, -0.1) is 0 Å². The summed E-state index contributed by atoms with van der Waals surface area (Å²) in [4.78, 5) is 24.4. The van der Waals surface area contributed by atoms with Crippen molar-refractivity contribution in [1.82, 2.24) is 10.6 Å². The maximum Gasteiger partial charge on any atom is 0.249 e. The van der Waals surface area contributed by atoms with Gasteiger partial charge in [0, 0.05) is 24.5 Å². The normalized spacial score (nSPS) is 32.0. The smallest absolute Gasteiger partial charge is 0.249 e. The number of carbonyl (C=O) groups excluding carboxylic acids is 2. The third-order valence-corrected chi connectivity index (χ3v) is 4.49. The molecule has 0 aromatic heterocycles. The van der Waals surface area contributed by atoms with Crippen molar-refractivity contribution in [1.29, 1.82) is 0 Å². The van der Waals surface area contributed by atoms with Gasteiger partial charge in [0.1, 0.15) is 6.10 Å². The van der Waals surface area contributed by atoms with Crippen LogP contribution >= 0.6 is 0 Å². The predicted octanol–water partition coefficient (Wildman–Crippen LogP) is 0.692. The fourth-order valence-electron chi connectivity index (χ4n) is 3.33. The summed E-state index contributed by atoms with van der Waals surface area (Å²) < 4.78 is 5.62. The van der Waals surface area contributed by atoms with Crippen LogP contribution in [0.5, 0.6) is 0 Å². The average Bonchev–Trinajstić information content (AvgIpc) is 2.96. The van der Waals surface area contributed by atoms with Crippen LogP contribution in [0.2, 0.25) is 0 Å². The first-order valence-electron chi connectivity index (χ1n) is 8.46. The molecule has 4 atom stereocenters. The molecule has 1 aliphatic heterocycles. The summed E-state index contributed by atoms with van der Waals surface area (Å²) in [7, 11) is 0. The first-order chi connectivity index (χ1) is 10.5. The van der Waals surface area contributed by atoms with Crippen molar-refractivity contribution < 1.29 is 14.3 Å². The minimum absolute atomic E-state index is 0.00253. The molecule has 0 bridgehead atoms. The Morgan fingerprint density at radius 2 is 1.95 bits per heavy atom. The fraction of sp³-hybridized carbons (Fsp3) is 0.875. The Kier molecular flexibility index (Phi) is 6.20. The van der Waals surface area contributed by atoms with E-state index in [1.54, 1.807) is 0 Å². The van der Waals surface area contributed by atoms with Crippen molar-refractivity contribution in [2.24, 2.45) is 11.7 Å². The van der Waals surface area contributed by atoms with Crippen molar-refractivity contribution >= 4 is 11.8 Å². The highest BCUT2D eigenvalue weighted by Gasteiger charge is 2.33. The summed E-state index contributed by atoms with van der Waals surface area (Å²) in [5, 5.41) is 6.02. The zero-order valence-corrected chi connectivity index (χ0v) is 13.6. The third-order valence-electron chi connectivity index (χ3n) is 4.49. The van der Waals surface area contributed by atoms with E-state index in [9.17, 15) is 9.59 Å². The predicted molar refractivity (Wildman–Crippen MR) is 84.1 cm³/mol. The van der Waals surface area contributed by atoms with Crippen LogP contribution in [-0.2, 0) is 14.3 Å². The average molecular weight is 311 g/mol. The lowest BCUT2D eigenvalue weighted by molar-refractivity contribution is -0.134. The minimum Gasteiger partial charge on any atom is -0.364 e. The summed E-state index contributed by atoms with van der Waals surface area (Å²) in [6.07, 6.45) is 4.74. The zero-order chi connectivity index (χ0) is 16.1. The van der Waals surface area contributed by atoms with E-state index in [0.717, 1.165) is 38.5 Å². The van der Waals surface area contributed by atoms with Gasteiger partial charge in [-0.2, -0.15) is 0 Å². The summed E-state index contributed by atoms with van der Waals surface area (Å²) in [5.74, 6) is 0.0582. The first kappa shape index (κ1) is 17.2. The van der Waals surface area contributed by atoms with E-state index in [2.05, 4.69) is 10.6 Å². The summed E-state index contributed by atoms with van der Waals surface area (Å²) in [5.41, 5.74) is 5.57. The Morgan fingerprint density at radius 3 is 2.59 bits per heavy atom. The lowest BCUT2D eigenvalue weighted by Gasteiger charge is -2.30. The number of ether oxygens (including phenoxy) is 1. The van der Waals surface area contributed by atoms with Gasteiger partial charge in [-0.3, -0.25) is 9.59 Å². The van der Waals surface area contributed by atoms with Gasteiger partial charge in [-0.1, -0.05) is 6.42 Å². The molecule has 0 radical (unpaired) electrons. The second-order valence-electron chi connectivity index (χ2n) is 6.79. The number of rotatable bonds is 5. The van der Waals surface area contributed by atoms with E-state index >= 15 is 0 Å². The number of amides is 2. The van der Waals surface area contributed by atoms with E-state index in [0.29, 0.717) is 6.54 Å². The van der Waals surface area contributed by atoms with Crippen LogP contribution in [0.15, 0.2) is 0 Å². The Morgan fingerprint density at radius 1 is 1.18 bits per heavy atom. The van der Waals surface area contributed by atoms with E-state index < -0.39 is 0 Å². The summed E-state index contributed by atoms with van der Waals surface area (Å²) in [6, 6.07) is 0.229. The molecule has 6 heteroatoms. The molecular formula is C16H29N3O3. The van der Waals surface area contributed by atoms with Crippen molar-refractivity contribution in [3.8, 4) is 0 Å². The molecule has 4 N–H and O–H groups in total. The van der Waals surface area contributed by atoms with Crippen LogP contribution < -0.4 is 16.4 Å². The summed E-state index contributed by atoms with van der Waals surface area (Å²) in [6.45, 7) is 4.39. The molecule has 22 heavy (non-hydrogen) atoms. The van der Waals surface area contributed by atoms with Gasteiger partial charge in [0.2, 0.25) is 11.8 Å². The van der Waals surface area contributed by atoms with Gasteiger partial charge in [0.05, 0.1) is 6.10 Å². The van der Waals surface area contributed by atoms with Crippen molar-refractivity contribution in [2.75, 3.05) is 6.54 Å². The Balaban J connectivity index is 1.80. The SMILES string of the molecule is CC(C)NC(=O)C1CCCC(NC(=O)[C@@H]2CC[C@H](CN)O2)C1. The van der Waals surface area contributed by atoms with Crippen LogP contribution in [0.3, 0.4) is 0 Å². The van der Waals surface area contributed by atoms with E-state index in [1.807, 2.05) is 13.8 Å². The monoisotopic (exact) mass is 311 g/mol. The molecule has 1 saturated carbocycles. The maximum absolute atomic E-state index is 12.3. The molecule has 2 amide bonds. The van der Waals surface area contributed by atoms with E-state index in [-0.39, 0.29) is 42.0 Å². The molecule has 1 saturated heterocycles. The topological polar surface area (TPSA) is 93.5 Å². The maximum atomic E-state index is 12.3. The lowest BCUT2D eigenvalue weighted by atomic mass is 9.85. The van der Waals surface area contributed by atoms with Crippen LogP contribution in [0, 0.1) is 5.92 Å². The molecule has 2 fully saturated rings. The highest BCUT2D eigenvalue weighted by Crippen LogP contribution is 2.26. The minimum atomic E-state index is -0.376. The molecule has 6 nitrogen and oxygen atoms in total. The zero-order valence-electron chi connectivity index (χ0n) is 13.6. The molecule has 0 spiro atoms. The van der Waals surface area contributed by atoms with Gasteiger partial charge < -0.3 is 21.1 Å². The highest BCUT2D eigenvalue weighted by molar-refractivity contribution is 5.82. The van der Waals surface area contributed by atoms with Crippen molar-refractivity contribution in [3.05, 3.63) is 0 Å². The Bertz CT molecular complexity index is 400. The van der Waals surface area contributed by atoms with Crippen LogP contribution in [0.1, 0.15) is 52.4 Å². The standard InChI is InChI=1S/C16H29N3O3/c1-10(2)18-15(20)11-4-3-5-12(8-11)19-16(21)14-7-6-13(9-17)22-14/h10-14H,3-9,17H2,1-2H3,(H,18,20)(H,19,21)/t11?,12?,13-,14+/m1/s1. The molecule has 1 aliphatic carbocycles. The van der Waals surface area contributed by atoms with E-state index in [4.69, 9.17) is 10.5 Å². The van der Waals surface area contributed by atoms with Gasteiger partial charge >= 0.3 is 0 Å². The Labute approximate surface area is 132 Å². The van der Waals surface area contributed by atoms with Gasteiger partial charge in [0.25, 0.3) is 0 Å². The molecular weight excluding hydrogens is 282 g/mol. The largest absolute Gasteiger partial charge is 0.364 e. The number of nitrogens with one attached hydrogen (secondary N) is 2. The molecule has 2 unspecified atom stereocenters. The second-order valence-corrected chi connectivity index (χ2v) is 6.79. The van der Waals surface area contributed by atoms with Gasteiger partial charge in [-0.05, 0) is 46.0 Å². The van der Waals surface area contributed by atoms with E-state index in [1.165, 1.54) is 0 Å². The summed E-state index contributed by atoms with van der Waals surface area (Å²) >= 11 is 0. The molecule has 2 aliphatic rings. The number of nitrogens with two attached hydrogens (primary N) is 1. The molecule has 0 aromatic carbocycles. The molecule has 2 rings (SSSR count). The highest BCUT2D eigenvalue weighted by atomic mass is 16.5. The second kappa shape index (κ2) is 7.92.